The quantitative estimate of drug-likeness (QED) is 0.734. The lowest BCUT2D eigenvalue weighted by molar-refractivity contribution is 0.340. The molecule has 1 unspecified atom stereocenters. The van der Waals surface area contributed by atoms with Crippen molar-refractivity contribution in [2.75, 3.05) is 18.6 Å². The van der Waals surface area contributed by atoms with Crippen LogP contribution in [0.25, 0.3) is 0 Å². The van der Waals surface area contributed by atoms with Crippen LogP contribution in [-0.2, 0) is 0 Å². The highest BCUT2D eigenvalue weighted by Crippen LogP contribution is 2.20. The molecule has 1 atom stereocenters. The van der Waals surface area contributed by atoms with Crippen LogP contribution in [0.5, 0.6) is 5.75 Å². The third-order valence-electron chi connectivity index (χ3n) is 2.81. The van der Waals surface area contributed by atoms with Gasteiger partial charge in [0.1, 0.15) is 5.75 Å². The molecule has 1 rings (SSSR count). The molecule has 0 saturated heterocycles. The molecule has 84 valence electrons. The predicted molar refractivity (Wildman–Crippen MR) is 65.8 cm³/mol. The predicted octanol–water partition coefficient (Wildman–Crippen LogP) is 3.32. The van der Waals surface area contributed by atoms with Crippen LogP contribution >= 0.6 is 0 Å². The normalized spacial score (nSPS) is 12.3. The van der Waals surface area contributed by atoms with E-state index in [9.17, 15) is 0 Å². The highest BCUT2D eigenvalue weighted by Gasteiger charge is 2.07. The Hall–Kier alpha value is -1.18. The average Bonchev–Trinajstić information content (AvgIpc) is 2.28. The first-order valence-electron chi connectivity index (χ1n) is 5.64. The van der Waals surface area contributed by atoms with Gasteiger partial charge < -0.3 is 9.64 Å². The van der Waals surface area contributed by atoms with Gasteiger partial charge in [0.05, 0.1) is 6.61 Å². The molecule has 2 nitrogen and oxygen atoms in total. The number of benzene rings is 1. The van der Waals surface area contributed by atoms with E-state index in [0.29, 0.717) is 6.04 Å². The van der Waals surface area contributed by atoms with E-state index >= 15 is 0 Å². The van der Waals surface area contributed by atoms with E-state index in [-0.39, 0.29) is 0 Å². The lowest BCUT2D eigenvalue weighted by Crippen LogP contribution is -2.27. The molecular formula is C13H21NO. The van der Waals surface area contributed by atoms with E-state index in [2.05, 4.69) is 37.9 Å². The largest absolute Gasteiger partial charge is 0.494 e. The van der Waals surface area contributed by atoms with Crippen LogP contribution in [-0.4, -0.2) is 19.7 Å². The van der Waals surface area contributed by atoms with E-state index in [1.54, 1.807) is 0 Å². The maximum atomic E-state index is 5.41. The third-order valence-corrected chi connectivity index (χ3v) is 2.81. The monoisotopic (exact) mass is 207 g/mol. The molecule has 0 bridgehead atoms. The van der Waals surface area contributed by atoms with Crippen molar-refractivity contribution in [2.45, 2.75) is 33.2 Å². The molecule has 15 heavy (non-hydrogen) atoms. The maximum absolute atomic E-state index is 5.41. The molecule has 0 saturated carbocycles. The second kappa shape index (κ2) is 5.64. The molecule has 0 aliphatic rings. The van der Waals surface area contributed by atoms with Crippen molar-refractivity contribution in [2.24, 2.45) is 0 Å². The Morgan fingerprint density at radius 3 is 2.27 bits per heavy atom. The van der Waals surface area contributed by atoms with Gasteiger partial charge in [0.25, 0.3) is 0 Å². The summed E-state index contributed by atoms with van der Waals surface area (Å²) in [5.41, 5.74) is 1.24. The summed E-state index contributed by atoms with van der Waals surface area (Å²) in [6.45, 7) is 7.16. The molecule has 0 fully saturated rings. The molecule has 1 aromatic rings. The SMILES string of the molecule is CCOc1ccc(N(C)C(C)CC)cc1. The van der Waals surface area contributed by atoms with Crippen molar-refractivity contribution >= 4 is 5.69 Å². The Bertz CT molecular complexity index is 281. The zero-order chi connectivity index (χ0) is 11.3. The summed E-state index contributed by atoms with van der Waals surface area (Å²) < 4.78 is 5.41. The molecule has 0 N–H and O–H groups in total. The summed E-state index contributed by atoms with van der Waals surface area (Å²) in [7, 11) is 2.13. The Morgan fingerprint density at radius 2 is 1.80 bits per heavy atom. The van der Waals surface area contributed by atoms with Gasteiger partial charge in [-0.3, -0.25) is 0 Å². The smallest absolute Gasteiger partial charge is 0.119 e. The number of hydrogen-bond donors (Lipinski definition) is 0. The van der Waals surface area contributed by atoms with Crippen molar-refractivity contribution < 1.29 is 4.74 Å². The highest BCUT2D eigenvalue weighted by molar-refractivity contribution is 5.49. The number of nitrogens with zero attached hydrogens (tertiary/aromatic N) is 1. The van der Waals surface area contributed by atoms with Gasteiger partial charge in [-0.1, -0.05) is 6.92 Å². The standard InChI is InChI=1S/C13H21NO/c1-5-11(3)14(4)12-7-9-13(10-8-12)15-6-2/h7-11H,5-6H2,1-4H3. The molecule has 0 aliphatic carbocycles. The van der Waals surface area contributed by atoms with Crippen LogP contribution in [0.1, 0.15) is 27.2 Å². The van der Waals surface area contributed by atoms with Crippen LogP contribution in [0.3, 0.4) is 0 Å². The van der Waals surface area contributed by atoms with Crippen molar-refractivity contribution in [3.63, 3.8) is 0 Å². The zero-order valence-electron chi connectivity index (χ0n) is 10.2. The summed E-state index contributed by atoms with van der Waals surface area (Å²) in [5.74, 6) is 0.943. The Morgan fingerprint density at radius 1 is 1.20 bits per heavy atom. The van der Waals surface area contributed by atoms with Gasteiger partial charge in [-0.2, -0.15) is 0 Å². The molecule has 0 aromatic heterocycles. The first kappa shape index (κ1) is 11.9. The minimum Gasteiger partial charge on any atom is -0.494 e. The molecule has 0 aliphatic heterocycles. The molecule has 0 radical (unpaired) electrons. The Kier molecular flexibility index (Phi) is 4.47. The second-order valence-electron chi connectivity index (χ2n) is 3.80. The van der Waals surface area contributed by atoms with Crippen molar-refractivity contribution in [1.29, 1.82) is 0 Å². The van der Waals surface area contributed by atoms with E-state index in [0.717, 1.165) is 18.8 Å². The fourth-order valence-electron chi connectivity index (χ4n) is 1.47. The van der Waals surface area contributed by atoms with Crippen LogP contribution in [0.4, 0.5) is 5.69 Å². The fourth-order valence-corrected chi connectivity index (χ4v) is 1.47. The van der Waals surface area contributed by atoms with E-state index < -0.39 is 0 Å². The first-order valence-corrected chi connectivity index (χ1v) is 5.64. The molecule has 1 aromatic carbocycles. The van der Waals surface area contributed by atoms with E-state index in [4.69, 9.17) is 4.74 Å². The van der Waals surface area contributed by atoms with Gasteiger partial charge in [0, 0.05) is 18.8 Å². The lowest BCUT2D eigenvalue weighted by atomic mass is 10.2. The Labute approximate surface area is 92.9 Å². The first-order chi connectivity index (χ1) is 7.19. The van der Waals surface area contributed by atoms with Crippen LogP contribution in [0.2, 0.25) is 0 Å². The lowest BCUT2D eigenvalue weighted by Gasteiger charge is -2.26. The van der Waals surface area contributed by atoms with Gasteiger partial charge >= 0.3 is 0 Å². The number of rotatable bonds is 5. The van der Waals surface area contributed by atoms with Crippen LogP contribution < -0.4 is 9.64 Å². The van der Waals surface area contributed by atoms with Crippen molar-refractivity contribution in [3.05, 3.63) is 24.3 Å². The average molecular weight is 207 g/mol. The van der Waals surface area contributed by atoms with Gasteiger partial charge in [-0.25, -0.2) is 0 Å². The van der Waals surface area contributed by atoms with E-state index in [1.165, 1.54) is 5.69 Å². The molecule has 0 heterocycles. The number of anilines is 1. The Balaban J connectivity index is 2.70. The number of ether oxygens (including phenoxy) is 1. The maximum Gasteiger partial charge on any atom is 0.119 e. The minimum absolute atomic E-state index is 0.572. The van der Waals surface area contributed by atoms with Gasteiger partial charge in [0.15, 0.2) is 0 Å². The molecule has 0 amide bonds. The van der Waals surface area contributed by atoms with Crippen LogP contribution in [0.15, 0.2) is 24.3 Å². The summed E-state index contributed by atoms with van der Waals surface area (Å²) in [6, 6.07) is 8.84. The topological polar surface area (TPSA) is 12.5 Å². The second-order valence-corrected chi connectivity index (χ2v) is 3.80. The van der Waals surface area contributed by atoms with Crippen LogP contribution in [0, 0.1) is 0 Å². The van der Waals surface area contributed by atoms with Gasteiger partial charge in [-0.05, 0) is 44.5 Å². The summed E-state index contributed by atoms with van der Waals surface area (Å²) in [6.07, 6.45) is 1.16. The highest BCUT2D eigenvalue weighted by atomic mass is 16.5. The molecular weight excluding hydrogens is 186 g/mol. The molecule has 0 spiro atoms. The zero-order valence-corrected chi connectivity index (χ0v) is 10.2. The minimum atomic E-state index is 0.572. The van der Waals surface area contributed by atoms with Gasteiger partial charge in [0.2, 0.25) is 0 Å². The summed E-state index contributed by atoms with van der Waals surface area (Å²) in [4.78, 5) is 2.29. The fraction of sp³-hybridized carbons (Fsp3) is 0.538. The summed E-state index contributed by atoms with van der Waals surface area (Å²) >= 11 is 0. The third kappa shape index (κ3) is 3.15. The molecule has 2 heteroatoms. The van der Waals surface area contributed by atoms with E-state index in [1.807, 2.05) is 19.1 Å². The van der Waals surface area contributed by atoms with Crippen molar-refractivity contribution in [1.82, 2.24) is 0 Å². The van der Waals surface area contributed by atoms with Crippen molar-refractivity contribution in [3.8, 4) is 5.75 Å². The van der Waals surface area contributed by atoms with Gasteiger partial charge in [-0.15, -0.1) is 0 Å². The number of hydrogen-bond acceptors (Lipinski definition) is 2. The summed E-state index contributed by atoms with van der Waals surface area (Å²) in [5, 5.41) is 0.